The molecule has 0 aliphatic heterocycles. The van der Waals surface area contributed by atoms with Gasteiger partial charge in [0.1, 0.15) is 11.6 Å². The zero-order chi connectivity index (χ0) is 12.6. The summed E-state index contributed by atoms with van der Waals surface area (Å²) in [6, 6.07) is 1.37. The van der Waals surface area contributed by atoms with Crippen molar-refractivity contribution in [3.8, 4) is 6.07 Å². The van der Waals surface area contributed by atoms with Crippen molar-refractivity contribution in [1.82, 2.24) is 0 Å². The second-order valence-electron chi connectivity index (χ2n) is 5.05. The Kier molecular flexibility index (Phi) is 7.59. The highest BCUT2D eigenvalue weighted by Crippen LogP contribution is 2.23. The minimum absolute atomic E-state index is 0.431. The van der Waals surface area contributed by atoms with E-state index in [-0.39, 0.29) is 0 Å². The number of carbonyl (C=O) groups is 1. The highest BCUT2D eigenvalue weighted by atomic mass is 16.4. The molecule has 0 unspecified atom stereocenters. The Labute approximate surface area is 92.4 Å². The van der Waals surface area contributed by atoms with Gasteiger partial charge in [-0.3, -0.25) is 0 Å². The minimum Gasteiger partial charge on any atom is -0.477 e. The average Bonchev–Trinajstić information content (AvgIpc) is 1.99. The van der Waals surface area contributed by atoms with Gasteiger partial charge in [0.15, 0.2) is 0 Å². The third-order valence-electron chi connectivity index (χ3n) is 1.41. The van der Waals surface area contributed by atoms with Crippen LogP contribution in [0.4, 0.5) is 0 Å². The SMILES string of the molecule is C=C(C#N)C(=O)O.CC(C)CC(C)(C)C. The minimum atomic E-state index is -1.26. The van der Waals surface area contributed by atoms with Crippen LogP contribution in [0.15, 0.2) is 12.2 Å². The first-order valence-corrected chi connectivity index (χ1v) is 4.92. The van der Waals surface area contributed by atoms with E-state index in [1.807, 2.05) is 0 Å². The van der Waals surface area contributed by atoms with E-state index in [2.05, 4.69) is 41.2 Å². The topological polar surface area (TPSA) is 61.1 Å². The number of rotatable bonds is 2. The van der Waals surface area contributed by atoms with Crippen molar-refractivity contribution < 1.29 is 9.90 Å². The number of carboxylic acids is 1. The molecule has 0 aromatic carbocycles. The largest absolute Gasteiger partial charge is 0.477 e. The van der Waals surface area contributed by atoms with Crippen molar-refractivity contribution >= 4 is 5.97 Å². The Hall–Kier alpha value is -1.30. The first-order valence-electron chi connectivity index (χ1n) is 4.92. The monoisotopic (exact) mass is 211 g/mol. The van der Waals surface area contributed by atoms with Crippen LogP contribution in [0.3, 0.4) is 0 Å². The summed E-state index contributed by atoms with van der Waals surface area (Å²) >= 11 is 0. The van der Waals surface area contributed by atoms with Crippen LogP contribution in [0.1, 0.15) is 41.0 Å². The van der Waals surface area contributed by atoms with E-state index in [4.69, 9.17) is 10.4 Å². The second kappa shape index (κ2) is 7.05. The summed E-state index contributed by atoms with van der Waals surface area (Å²) in [4.78, 5) is 9.61. The lowest BCUT2D eigenvalue weighted by molar-refractivity contribution is -0.132. The molecule has 0 aliphatic carbocycles. The second-order valence-corrected chi connectivity index (χ2v) is 5.05. The molecule has 86 valence electrons. The standard InChI is InChI=1S/C8H18.C4H3NO2/c1-7(2)6-8(3,4)5;1-3(2-5)4(6)7/h7H,6H2,1-5H3;1H2,(H,6,7). The van der Waals surface area contributed by atoms with Gasteiger partial charge in [-0.15, -0.1) is 0 Å². The molecular formula is C12H21NO2. The summed E-state index contributed by atoms with van der Waals surface area (Å²) in [5.41, 5.74) is 0.0914. The summed E-state index contributed by atoms with van der Waals surface area (Å²) in [7, 11) is 0. The van der Waals surface area contributed by atoms with Gasteiger partial charge in [0, 0.05) is 0 Å². The van der Waals surface area contributed by atoms with Gasteiger partial charge in [-0.1, -0.05) is 41.2 Å². The summed E-state index contributed by atoms with van der Waals surface area (Å²) in [6.45, 7) is 14.3. The van der Waals surface area contributed by atoms with Crippen molar-refractivity contribution in [3.63, 3.8) is 0 Å². The van der Waals surface area contributed by atoms with Gasteiger partial charge in [0.05, 0.1) is 0 Å². The van der Waals surface area contributed by atoms with Crippen molar-refractivity contribution in [3.05, 3.63) is 12.2 Å². The normalized spacial score (nSPS) is 9.93. The van der Waals surface area contributed by atoms with Crippen LogP contribution in [0.25, 0.3) is 0 Å². The molecule has 0 atom stereocenters. The van der Waals surface area contributed by atoms with Gasteiger partial charge in [0.25, 0.3) is 0 Å². The fourth-order valence-electron chi connectivity index (χ4n) is 1.27. The van der Waals surface area contributed by atoms with Crippen molar-refractivity contribution in [1.29, 1.82) is 5.26 Å². The number of hydrogen-bond donors (Lipinski definition) is 1. The van der Waals surface area contributed by atoms with E-state index in [0.717, 1.165) is 5.92 Å². The van der Waals surface area contributed by atoms with Crippen LogP contribution < -0.4 is 0 Å². The first-order chi connectivity index (χ1) is 6.60. The molecule has 0 aliphatic rings. The molecule has 0 bridgehead atoms. The first kappa shape index (κ1) is 16.1. The van der Waals surface area contributed by atoms with E-state index >= 15 is 0 Å². The van der Waals surface area contributed by atoms with Crippen molar-refractivity contribution in [2.75, 3.05) is 0 Å². The van der Waals surface area contributed by atoms with Crippen LogP contribution in [0, 0.1) is 22.7 Å². The molecule has 0 spiro atoms. The molecule has 0 aromatic heterocycles. The number of carboxylic acid groups (broad SMARTS) is 1. The molecule has 0 amide bonds. The lowest BCUT2D eigenvalue weighted by Gasteiger charge is -2.19. The third kappa shape index (κ3) is 15.5. The molecule has 0 fully saturated rings. The number of nitriles is 1. The van der Waals surface area contributed by atoms with E-state index < -0.39 is 11.5 Å². The highest BCUT2D eigenvalue weighted by Gasteiger charge is 2.11. The molecule has 0 radical (unpaired) electrons. The maximum absolute atomic E-state index is 9.61. The fraction of sp³-hybridized carbons (Fsp3) is 0.667. The van der Waals surface area contributed by atoms with E-state index in [1.165, 1.54) is 12.5 Å². The van der Waals surface area contributed by atoms with Gasteiger partial charge in [0.2, 0.25) is 0 Å². The Morgan fingerprint density at radius 3 is 1.87 bits per heavy atom. The molecule has 3 heteroatoms. The lowest BCUT2D eigenvalue weighted by atomic mass is 9.86. The summed E-state index contributed by atoms with van der Waals surface area (Å²) in [5, 5.41) is 15.6. The Morgan fingerprint density at radius 1 is 1.47 bits per heavy atom. The Balaban J connectivity index is 0. The van der Waals surface area contributed by atoms with Crippen LogP contribution in [0.5, 0.6) is 0 Å². The number of nitrogens with zero attached hydrogens (tertiary/aromatic N) is 1. The van der Waals surface area contributed by atoms with Crippen molar-refractivity contribution in [2.24, 2.45) is 11.3 Å². The van der Waals surface area contributed by atoms with Crippen molar-refractivity contribution in [2.45, 2.75) is 41.0 Å². The van der Waals surface area contributed by atoms with E-state index in [9.17, 15) is 4.79 Å². The molecular weight excluding hydrogens is 190 g/mol. The Bertz CT molecular complexity index is 254. The lowest BCUT2D eigenvalue weighted by Crippen LogP contribution is -2.08. The zero-order valence-corrected chi connectivity index (χ0v) is 10.3. The molecule has 0 saturated heterocycles. The molecule has 0 rings (SSSR count). The predicted molar refractivity (Wildman–Crippen MR) is 61.3 cm³/mol. The summed E-state index contributed by atoms with van der Waals surface area (Å²) < 4.78 is 0. The third-order valence-corrected chi connectivity index (χ3v) is 1.41. The van der Waals surface area contributed by atoms with Gasteiger partial charge in [-0.2, -0.15) is 5.26 Å². The maximum Gasteiger partial charge on any atom is 0.345 e. The highest BCUT2D eigenvalue weighted by molar-refractivity contribution is 5.90. The quantitative estimate of drug-likeness (QED) is 0.563. The van der Waals surface area contributed by atoms with Crippen LogP contribution in [0.2, 0.25) is 0 Å². The molecule has 0 aromatic rings. The zero-order valence-electron chi connectivity index (χ0n) is 10.3. The smallest absolute Gasteiger partial charge is 0.345 e. The predicted octanol–water partition coefficient (Wildman–Crippen LogP) is 3.23. The number of aliphatic carboxylic acids is 1. The van der Waals surface area contributed by atoms with Gasteiger partial charge in [-0.05, 0) is 17.8 Å². The maximum atomic E-state index is 9.61. The average molecular weight is 211 g/mol. The fourth-order valence-corrected chi connectivity index (χ4v) is 1.27. The van der Waals surface area contributed by atoms with Gasteiger partial charge >= 0.3 is 5.97 Å². The van der Waals surface area contributed by atoms with Gasteiger partial charge in [-0.25, -0.2) is 4.79 Å². The summed E-state index contributed by atoms with van der Waals surface area (Å²) in [5.74, 6) is -0.419. The molecule has 0 saturated carbocycles. The van der Waals surface area contributed by atoms with Crippen LogP contribution in [-0.4, -0.2) is 11.1 Å². The molecule has 1 N–H and O–H groups in total. The van der Waals surface area contributed by atoms with Gasteiger partial charge < -0.3 is 5.11 Å². The molecule has 15 heavy (non-hydrogen) atoms. The van der Waals surface area contributed by atoms with E-state index in [1.54, 1.807) is 0 Å². The van der Waals surface area contributed by atoms with E-state index in [0.29, 0.717) is 5.41 Å². The molecule has 3 nitrogen and oxygen atoms in total. The Morgan fingerprint density at radius 2 is 1.87 bits per heavy atom. The van der Waals surface area contributed by atoms with Crippen LogP contribution >= 0.6 is 0 Å². The molecule has 0 heterocycles. The number of hydrogen-bond acceptors (Lipinski definition) is 2. The summed E-state index contributed by atoms with van der Waals surface area (Å²) in [6.07, 6.45) is 1.33. The van der Waals surface area contributed by atoms with Crippen LogP contribution in [-0.2, 0) is 4.79 Å².